The normalized spacial score (nSPS) is 14.4. The van der Waals surface area contributed by atoms with Crippen molar-refractivity contribution in [2.45, 2.75) is 26.2 Å². The molecule has 0 amide bonds. The average molecular weight is 473 g/mol. The van der Waals surface area contributed by atoms with Crippen LogP contribution in [0.2, 0.25) is 0 Å². The Balaban J connectivity index is 0.000000190. The van der Waals surface area contributed by atoms with Crippen molar-refractivity contribution in [3.63, 3.8) is 0 Å². The maximum atomic E-state index is 11.7. The van der Waals surface area contributed by atoms with Crippen LogP contribution in [0.1, 0.15) is 46.0 Å². The highest BCUT2D eigenvalue weighted by molar-refractivity contribution is 9.10. The van der Waals surface area contributed by atoms with E-state index in [1.807, 2.05) is 37.4 Å². The summed E-state index contributed by atoms with van der Waals surface area (Å²) < 4.78 is 1.00. The molecule has 0 unspecified atom stereocenters. The Morgan fingerprint density at radius 2 is 1.33 bits per heavy atom. The molecular weight excluding hydrogens is 448 g/mol. The number of carbonyl (C=O) groups excluding carboxylic acids is 4. The Hall–Kier alpha value is -2.76. The van der Waals surface area contributed by atoms with Gasteiger partial charge in [-0.2, -0.15) is 9.59 Å². The first kappa shape index (κ1) is 23.5. The lowest BCUT2D eigenvalue weighted by Crippen LogP contribution is -2.29. The number of fused-ring (bicyclic) bond motifs is 2. The summed E-state index contributed by atoms with van der Waals surface area (Å²) in [5.74, 6) is 0.530. The number of hydrogen-bond acceptors (Lipinski definition) is 6. The van der Waals surface area contributed by atoms with Crippen LogP contribution in [0, 0.1) is 0 Å². The molecule has 2 aromatic rings. The minimum Gasteiger partial charge on any atom is -0.373 e. The number of Topliss-reactive ketones (excluding diaryl/α,β-unsaturated/α-hetero) is 2. The molecule has 0 radical (unpaired) electrons. The van der Waals surface area contributed by atoms with Crippen LogP contribution in [-0.2, 0) is 16.0 Å². The number of anilines is 2. The quantitative estimate of drug-likeness (QED) is 0.620. The number of carbonyl (C=O) groups is 2. The zero-order valence-electron chi connectivity index (χ0n) is 17.4. The summed E-state index contributed by atoms with van der Waals surface area (Å²) in [7, 11) is 4.07. The molecule has 0 bridgehead atoms. The van der Waals surface area contributed by atoms with Gasteiger partial charge in [0.05, 0.1) is 11.4 Å². The summed E-state index contributed by atoms with van der Waals surface area (Å²) in [5, 5.41) is 0. The number of ketones is 2. The van der Waals surface area contributed by atoms with Gasteiger partial charge >= 0.3 is 6.15 Å². The van der Waals surface area contributed by atoms with Crippen molar-refractivity contribution in [2.75, 3.05) is 37.0 Å². The van der Waals surface area contributed by atoms with E-state index < -0.39 is 0 Å². The van der Waals surface area contributed by atoms with Gasteiger partial charge in [-0.3, -0.25) is 9.59 Å². The predicted molar refractivity (Wildman–Crippen MR) is 119 cm³/mol. The first-order chi connectivity index (χ1) is 14.3. The maximum absolute atomic E-state index is 11.7. The third-order valence-electron chi connectivity index (χ3n) is 5.20. The predicted octanol–water partition coefficient (Wildman–Crippen LogP) is 4.16. The molecule has 0 aromatic heterocycles. The third-order valence-corrected chi connectivity index (χ3v) is 5.84. The van der Waals surface area contributed by atoms with Gasteiger partial charge in [0, 0.05) is 55.6 Å². The van der Waals surface area contributed by atoms with Crippen molar-refractivity contribution < 1.29 is 19.2 Å². The molecule has 6 nitrogen and oxygen atoms in total. The molecule has 0 saturated heterocycles. The molecule has 2 aromatic carbocycles. The third kappa shape index (κ3) is 5.23. The molecular formula is C23H25BrN2O4. The molecule has 0 spiro atoms. The van der Waals surface area contributed by atoms with Crippen LogP contribution in [0.25, 0.3) is 0 Å². The zero-order valence-corrected chi connectivity index (χ0v) is 19.0. The van der Waals surface area contributed by atoms with Crippen LogP contribution in [0.15, 0.2) is 40.9 Å². The minimum atomic E-state index is 0.245. The minimum absolute atomic E-state index is 0.245. The Bertz CT molecular complexity index is 968. The smallest absolute Gasteiger partial charge is 0.373 e. The lowest BCUT2D eigenvalue weighted by molar-refractivity contribution is -0.191. The zero-order chi connectivity index (χ0) is 22.3. The number of para-hydroxylation sites is 2. The van der Waals surface area contributed by atoms with E-state index in [0.717, 1.165) is 46.5 Å². The van der Waals surface area contributed by atoms with Gasteiger partial charge in [-0.25, -0.2) is 0 Å². The molecule has 7 heteroatoms. The monoisotopic (exact) mass is 472 g/mol. The highest BCUT2D eigenvalue weighted by Crippen LogP contribution is 2.33. The second-order valence-electron chi connectivity index (χ2n) is 7.08. The molecule has 0 atom stereocenters. The molecule has 2 heterocycles. The van der Waals surface area contributed by atoms with Crippen molar-refractivity contribution in [1.82, 2.24) is 0 Å². The fourth-order valence-electron chi connectivity index (χ4n) is 3.71. The number of halogens is 1. The summed E-state index contributed by atoms with van der Waals surface area (Å²) in [6, 6.07) is 11.8. The fraction of sp³-hybridized carbons (Fsp3) is 0.348. The SMILES string of the molecule is CCc1cccc2c1N(C)CCC2=O.CN1CCC(=O)c2cccc(Br)c21.O=C=O. The Morgan fingerprint density at radius 1 is 0.867 bits per heavy atom. The molecule has 2 aliphatic rings. The fourth-order valence-corrected chi connectivity index (χ4v) is 4.38. The largest absolute Gasteiger partial charge is 0.373 e. The topological polar surface area (TPSA) is 74.8 Å². The average Bonchev–Trinajstić information content (AvgIpc) is 2.74. The first-order valence-corrected chi connectivity index (χ1v) is 10.5. The molecule has 2 aliphatic heterocycles. The van der Waals surface area contributed by atoms with Gasteiger partial charge in [0.15, 0.2) is 11.6 Å². The standard InChI is InChI=1S/C12H15NO.C10H10BrNO.CO2/c1-3-9-5-4-6-10-11(14)7-8-13(2)12(9)10;1-12-6-5-9(13)7-3-2-4-8(11)10(7)12;2-1-3/h4-6H,3,7-8H2,1-2H3;2-4H,5-6H2,1H3;. The second-order valence-corrected chi connectivity index (χ2v) is 7.93. The van der Waals surface area contributed by atoms with E-state index in [1.54, 1.807) is 0 Å². The first-order valence-electron chi connectivity index (χ1n) is 9.74. The van der Waals surface area contributed by atoms with E-state index in [4.69, 9.17) is 9.59 Å². The lowest BCUT2D eigenvalue weighted by atomic mass is 9.96. The Morgan fingerprint density at radius 3 is 1.83 bits per heavy atom. The van der Waals surface area contributed by atoms with E-state index in [9.17, 15) is 9.59 Å². The number of aryl methyl sites for hydroxylation is 1. The van der Waals surface area contributed by atoms with Crippen molar-refractivity contribution in [1.29, 1.82) is 0 Å². The number of benzene rings is 2. The highest BCUT2D eigenvalue weighted by Gasteiger charge is 2.23. The molecule has 0 fully saturated rings. The second kappa shape index (κ2) is 10.9. The summed E-state index contributed by atoms with van der Waals surface area (Å²) in [5.41, 5.74) is 5.18. The number of nitrogens with zero attached hydrogens (tertiary/aromatic N) is 2. The number of hydrogen-bond donors (Lipinski definition) is 0. The summed E-state index contributed by atoms with van der Waals surface area (Å²) in [6.45, 7) is 3.79. The summed E-state index contributed by atoms with van der Waals surface area (Å²) in [6.07, 6.45) is 2.51. The van der Waals surface area contributed by atoms with Gasteiger partial charge in [0.2, 0.25) is 0 Å². The van der Waals surface area contributed by atoms with E-state index in [-0.39, 0.29) is 17.7 Å². The van der Waals surface area contributed by atoms with Gasteiger partial charge in [-0.15, -0.1) is 0 Å². The van der Waals surface area contributed by atoms with Crippen LogP contribution in [0.4, 0.5) is 11.4 Å². The molecule has 0 saturated carbocycles. The van der Waals surface area contributed by atoms with E-state index in [0.29, 0.717) is 12.8 Å². The molecule has 0 N–H and O–H groups in total. The van der Waals surface area contributed by atoms with Crippen molar-refractivity contribution in [2.24, 2.45) is 0 Å². The van der Waals surface area contributed by atoms with Crippen LogP contribution in [-0.4, -0.2) is 44.9 Å². The highest BCUT2D eigenvalue weighted by atomic mass is 79.9. The molecule has 0 aliphatic carbocycles. The van der Waals surface area contributed by atoms with Crippen molar-refractivity contribution in [3.05, 3.63) is 57.6 Å². The van der Waals surface area contributed by atoms with Gasteiger partial charge in [0.1, 0.15) is 0 Å². The van der Waals surface area contributed by atoms with Gasteiger partial charge in [-0.05, 0) is 46.1 Å². The van der Waals surface area contributed by atoms with Crippen LogP contribution >= 0.6 is 15.9 Å². The maximum Gasteiger partial charge on any atom is 0.373 e. The Labute approximate surface area is 185 Å². The summed E-state index contributed by atoms with van der Waals surface area (Å²) >= 11 is 3.46. The van der Waals surface area contributed by atoms with Crippen LogP contribution < -0.4 is 9.80 Å². The Kier molecular flexibility index (Phi) is 8.51. The van der Waals surface area contributed by atoms with E-state index in [2.05, 4.69) is 45.8 Å². The van der Waals surface area contributed by atoms with E-state index in [1.165, 1.54) is 5.56 Å². The summed E-state index contributed by atoms with van der Waals surface area (Å²) in [4.78, 5) is 43.8. The van der Waals surface area contributed by atoms with E-state index >= 15 is 0 Å². The van der Waals surface area contributed by atoms with Crippen LogP contribution in [0.3, 0.4) is 0 Å². The van der Waals surface area contributed by atoms with Crippen molar-refractivity contribution >= 4 is 45.0 Å². The van der Waals surface area contributed by atoms with Gasteiger partial charge in [-0.1, -0.05) is 25.1 Å². The molecule has 30 heavy (non-hydrogen) atoms. The lowest BCUT2D eigenvalue weighted by Gasteiger charge is -2.28. The van der Waals surface area contributed by atoms with Crippen molar-refractivity contribution in [3.8, 4) is 0 Å². The number of rotatable bonds is 1. The van der Waals surface area contributed by atoms with Gasteiger partial charge in [0.25, 0.3) is 0 Å². The van der Waals surface area contributed by atoms with Crippen LogP contribution in [0.5, 0.6) is 0 Å². The molecule has 158 valence electrons. The molecule has 4 rings (SSSR count). The van der Waals surface area contributed by atoms with Gasteiger partial charge < -0.3 is 9.80 Å².